The van der Waals surface area contributed by atoms with E-state index in [1.807, 2.05) is 6.07 Å². The van der Waals surface area contributed by atoms with Gasteiger partial charge in [-0.15, -0.1) is 0 Å². The molecule has 0 atom stereocenters. The van der Waals surface area contributed by atoms with Crippen LogP contribution >= 0.6 is 31.9 Å². The third-order valence-electron chi connectivity index (χ3n) is 1.22. The summed E-state index contributed by atoms with van der Waals surface area (Å²) in [6, 6.07) is 3.62. The largest absolute Gasteiger partial charge is 0.494 e. The third kappa shape index (κ3) is 1.76. The highest BCUT2D eigenvalue weighted by Gasteiger charge is 2.07. The first kappa shape index (κ1) is 9.49. The second-order valence-electron chi connectivity index (χ2n) is 1.92. The lowest BCUT2D eigenvalue weighted by Gasteiger charge is -2.02. The smallest absolute Gasteiger partial charge is 0.183 e. The fourth-order valence-corrected chi connectivity index (χ4v) is 1.27. The molecule has 0 saturated carbocycles. The molecule has 0 saturated heterocycles. The Labute approximate surface area is 86.6 Å². The molecule has 0 aromatic carbocycles. The lowest BCUT2D eigenvalue weighted by Crippen LogP contribution is -1.92. The van der Waals surface area contributed by atoms with Crippen LogP contribution in [0, 0.1) is 11.3 Å². The molecule has 0 fully saturated rings. The normalized spacial score (nSPS) is 9.17. The number of hydrogen-bond donors (Lipinski definition) is 0. The van der Waals surface area contributed by atoms with E-state index >= 15 is 0 Å². The Bertz CT molecular complexity index is 346. The van der Waals surface area contributed by atoms with Gasteiger partial charge >= 0.3 is 0 Å². The van der Waals surface area contributed by atoms with Gasteiger partial charge in [-0.25, -0.2) is 4.98 Å². The predicted molar refractivity (Wildman–Crippen MR) is 50.9 cm³/mol. The average Bonchev–Trinajstić information content (AvgIpc) is 2.09. The Balaban J connectivity index is 3.31. The van der Waals surface area contributed by atoms with E-state index in [1.54, 1.807) is 6.07 Å². The Morgan fingerprint density at radius 3 is 2.75 bits per heavy atom. The summed E-state index contributed by atoms with van der Waals surface area (Å²) in [6.45, 7) is 0. The van der Waals surface area contributed by atoms with Crippen LogP contribution in [0.4, 0.5) is 0 Å². The van der Waals surface area contributed by atoms with Crippen LogP contribution in [0.25, 0.3) is 0 Å². The molecule has 0 aliphatic heterocycles. The van der Waals surface area contributed by atoms with E-state index in [0.717, 1.165) is 4.47 Å². The first-order valence-electron chi connectivity index (χ1n) is 2.99. The van der Waals surface area contributed by atoms with E-state index in [2.05, 4.69) is 36.8 Å². The zero-order valence-electron chi connectivity index (χ0n) is 6.14. The van der Waals surface area contributed by atoms with Crippen molar-refractivity contribution in [2.75, 3.05) is 7.11 Å². The maximum atomic E-state index is 8.64. The van der Waals surface area contributed by atoms with Gasteiger partial charge in [-0.3, -0.25) is 0 Å². The summed E-state index contributed by atoms with van der Waals surface area (Å²) in [5.74, 6) is 0.465. The van der Waals surface area contributed by atoms with Gasteiger partial charge in [0.15, 0.2) is 11.4 Å². The average molecular weight is 292 g/mol. The van der Waals surface area contributed by atoms with Crippen molar-refractivity contribution < 1.29 is 4.74 Å². The molecule has 62 valence electrons. The molecule has 0 unspecified atom stereocenters. The van der Waals surface area contributed by atoms with E-state index in [1.165, 1.54) is 7.11 Å². The molecule has 0 N–H and O–H groups in total. The number of nitriles is 1. The minimum atomic E-state index is 0.271. The van der Waals surface area contributed by atoms with Crippen molar-refractivity contribution in [2.24, 2.45) is 0 Å². The molecule has 0 aliphatic rings. The van der Waals surface area contributed by atoms with Crippen molar-refractivity contribution in [3.8, 4) is 11.8 Å². The highest BCUT2D eigenvalue weighted by Crippen LogP contribution is 2.27. The highest BCUT2D eigenvalue weighted by molar-refractivity contribution is 9.13. The van der Waals surface area contributed by atoms with E-state index in [-0.39, 0.29) is 5.69 Å². The molecule has 0 amide bonds. The van der Waals surface area contributed by atoms with Crippen LogP contribution < -0.4 is 4.74 Å². The molecule has 0 bridgehead atoms. The lowest BCUT2D eigenvalue weighted by molar-refractivity contribution is 0.411. The number of aromatic nitrogens is 1. The van der Waals surface area contributed by atoms with Crippen molar-refractivity contribution in [3.63, 3.8) is 0 Å². The fraction of sp³-hybridized carbons (Fsp3) is 0.143. The molecular formula is C7H4Br2N2O. The summed E-state index contributed by atoms with van der Waals surface area (Å²) in [7, 11) is 1.50. The molecule has 0 radical (unpaired) electrons. The van der Waals surface area contributed by atoms with Gasteiger partial charge in [0.2, 0.25) is 0 Å². The van der Waals surface area contributed by atoms with Gasteiger partial charge in [-0.2, -0.15) is 5.26 Å². The maximum Gasteiger partial charge on any atom is 0.183 e. The van der Waals surface area contributed by atoms with E-state index in [4.69, 9.17) is 10.00 Å². The van der Waals surface area contributed by atoms with Crippen LogP contribution in [-0.2, 0) is 0 Å². The van der Waals surface area contributed by atoms with Crippen molar-refractivity contribution >= 4 is 31.9 Å². The minimum Gasteiger partial charge on any atom is -0.494 e. The van der Waals surface area contributed by atoms with Crippen LogP contribution in [0.2, 0.25) is 0 Å². The number of nitrogens with zero attached hydrogens (tertiary/aromatic N) is 2. The molecule has 0 aliphatic carbocycles. The molecule has 1 aromatic heterocycles. The van der Waals surface area contributed by atoms with Gasteiger partial charge < -0.3 is 4.74 Å². The van der Waals surface area contributed by atoms with Crippen LogP contribution in [0.5, 0.6) is 5.75 Å². The third-order valence-corrected chi connectivity index (χ3v) is 2.97. The number of pyridine rings is 1. The minimum absolute atomic E-state index is 0.271. The summed E-state index contributed by atoms with van der Waals surface area (Å²) in [4.78, 5) is 3.95. The van der Waals surface area contributed by atoms with E-state index in [0.29, 0.717) is 10.4 Å². The lowest BCUT2D eigenvalue weighted by atomic mass is 10.3. The molecule has 1 heterocycles. The van der Waals surface area contributed by atoms with Crippen molar-refractivity contribution in [1.82, 2.24) is 4.98 Å². The Kier molecular flexibility index (Phi) is 3.06. The summed E-state index contributed by atoms with van der Waals surface area (Å²) in [6.07, 6.45) is 0. The molecule has 3 nitrogen and oxygen atoms in total. The Hall–Kier alpha value is -0.600. The summed E-state index contributed by atoms with van der Waals surface area (Å²) < 4.78 is 6.30. The topological polar surface area (TPSA) is 45.9 Å². The first-order valence-corrected chi connectivity index (χ1v) is 4.57. The molecule has 5 heteroatoms. The maximum absolute atomic E-state index is 8.64. The predicted octanol–water partition coefficient (Wildman–Crippen LogP) is 2.49. The van der Waals surface area contributed by atoms with Gasteiger partial charge in [-0.05, 0) is 31.9 Å². The van der Waals surface area contributed by atoms with Crippen molar-refractivity contribution in [3.05, 3.63) is 20.8 Å². The van der Waals surface area contributed by atoms with Crippen LogP contribution in [-0.4, -0.2) is 12.1 Å². The molecule has 0 spiro atoms. The second-order valence-corrected chi connectivity index (χ2v) is 3.53. The van der Waals surface area contributed by atoms with Gasteiger partial charge in [0, 0.05) is 6.07 Å². The number of rotatable bonds is 1. The van der Waals surface area contributed by atoms with Crippen molar-refractivity contribution in [2.45, 2.75) is 0 Å². The van der Waals surface area contributed by atoms with Gasteiger partial charge in [-0.1, -0.05) is 0 Å². The number of hydrogen-bond acceptors (Lipinski definition) is 3. The molecule has 12 heavy (non-hydrogen) atoms. The number of ether oxygens (including phenoxy) is 1. The van der Waals surface area contributed by atoms with Crippen LogP contribution in [0.3, 0.4) is 0 Å². The van der Waals surface area contributed by atoms with Crippen molar-refractivity contribution in [1.29, 1.82) is 5.26 Å². The Morgan fingerprint density at radius 2 is 2.25 bits per heavy atom. The first-order chi connectivity index (χ1) is 5.69. The van der Waals surface area contributed by atoms with E-state index in [9.17, 15) is 0 Å². The van der Waals surface area contributed by atoms with Crippen LogP contribution in [0.1, 0.15) is 5.69 Å². The van der Waals surface area contributed by atoms with E-state index < -0.39 is 0 Å². The second kappa shape index (κ2) is 3.87. The molecular weight excluding hydrogens is 288 g/mol. The summed E-state index contributed by atoms with van der Waals surface area (Å²) in [5.41, 5.74) is 0.271. The quantitative estimate of drug-likeness (QED) is 0.747. The Morgan fingerprint density at radius 1 is 1.58 bits per heavy atom. The zero-order chi connectivity index (χ0) is 9.14. The molecule has 1 rings (SSSR count). The zero-order valence-corrected chi connectivity index (χ0v) is 9.31. The summed E-state index contributed by atoms with van der Waals surface area (Å²) in [5, 5.41) is 8.64. The fourth-order valence-electron chi connectivity index (χ4n) is 0.685. The monoisotopic (exact) mass is 290 g/mol. The van der Waals surface area contributed by atoms with Crippen LogP contribution in [0.15, 0.2) is 15.1 Å². The molecule has 1 aromatic rings. The van der Waals surface area contributed by atoms with Gasteiger partial charge in [0.05, 0.1) is 11.6 Å². The standard InChI is InChI=1S/C7H4Br2N2O/c1-12-6-2-4(8)7(9)11-5(6)3-10/h2H,1H3. The summed E-state index contributed by atoms with van der Waals surface area (Å²) >= 11 is 6.44. The SMILES string of the molecule is COc1cc(Br)c(Br)nc1C#N. The van der Waals surface area contributed by atoms with Gasteiger partial charge in [0.25, 0.3) is 0 Å². The van der Waals surface area contributed by atoms with Gasteiger partial charge in [0.1, 0.15) is 10.7 Å². The number of halogens is 2. The highest BCUT2D eigenvalue weighted by atomic mass is 79.9. The number of methoxy groups -OCH3 is 1.